The lowest BCUT2D eigenvalue weighted by molar-refractivity contribution is -0.279. The monoisotopic (exact) mass is 786 g/mol. The van der Waals surface area contributed by atoms with E-state index in [1.165, 1.54) is 6.42 Å². The van der Waals surface area contributed by atoms with Crippen LogP contribution in [0.5, 0.6) is 0 Å². The van der Waals surface area contributed by atoms with E-state index < -0.39 is 44.1 Å². The SMILES string of the molecule is CCC1CCC2(C(=O)OCC3(COC(=O)C4CC5CC(C)CC(C5)C4)COC(C4CC5CCCC(OC(=O)C(F)(F)S(=O)(=O)O)(C5)C4)OC3)CCCC1C2. The summed E-state index contributed by atoms with van der Waals surface area (Å²) in [5, 5.41) is -5.09. The number of fused-ring (bicyclic) bond motifs is 6. The molecule has 1 N–H and O–H groups in total. The number of ether oxygens (including phenoxy) is 5. The van der Waals surface area contributed by atoms with Crippen LogP contribution in [0.15, 0.2) is 0 Å². The first-order valence-corrected chi connectivity index (χ1v) is 22.1. The van der Waals surface area contributed by atoms with Crippen LogP contribution in [0.1, 0.15) is 129 Å². The van der Waals surface area contributed by atoms with Gasteiger partial charge in [0.05, 0.1) is 30.0 Å². The van der Waals surface area contributed by atoms with Crippen molar-refractivity contribution < 1.29 is 59.8 Å². The largest absolute Gasteiger partial charge is 0.465 e. The quantitative estimate of drug-likeness (QED) is 0.128. The second kappa shape index (κ2) is 15.5. The van der Waals surface area contributed by atoms with Crippen LogP contribution in [-0.2, 0) is 48.2 Å². The minimum atomic E-state index is -6.01. The van der Waals surface area contributed by atoms with Crippen LogP contribution in [0.25, 0.3) is 0 Å². The van der Waals surface area contributed by atoms with Gasteiger partial charge < -0.3 is 23.7 Å². The highest BCUT2D eigenvalue weighted by Crippen LogP contribution is 2.54. The normalized spacial score (nSPS) is 42.4. The molecule has 7 fully saturated rings. The van der Waals surface area contributed by atoms with Crippen molar-refractivity contribution in [3.8, 4) is 0 Å². The highest BCUT2D eigenvalue weighted by molar-refractivity contribution is 7.87. The Balaban J connectivity index is 1.03. The van der Waals surface area contributed by atoms with Crippen molar-refractivity contribution in [2.45, 2.75) is 147 Å². The Labute approximate surface area is 318 Å². The van der Waals surface area contributed by atoms with Gasteiger partial charge in [-0.15, -0.1) is 0 Å². The molecule has 1 heterocycles. The topological polar surface area (TPSA) is 152 Å². The van der Waals surface area contributed by atoms with Gasteiger partial charge in [0.2, 0.25) is 0 Å². The van der Waals surface area contributed by atoms with E-state index in [1.54, 1.807) is 0 Å². The number of rotatable bonds is 11. The first-order valence-electron chi connectivity index (χ1n) is 20.7. The van der Waals surface area contributed by atoms with E-state index in [0.29, 0.717) is 48.9 Å². The minimum absolute atomic E-state index is 0.00444. The van der Waals surface area contributed by atoms with Gasteiger partial charge >= 0.3 is 33.3 Å². The molecule has 6 aliphatic carbocycles. The number of carbonyl (C=O) groups excluding carboxylic acids is 3. The maximum atomic E-state index is 14.3. The lowest BCUT2D eigenvalue weighted by Crippen LogP contribution is -2.55. The zero-order valence-electron chi connectivity index (χ0n) is 31.9. The van der Waals surface area contributed by atoms with Crippen molar-refractivity contribution in [1.82, 2.24) is 0 Å². The van der Waals surface area contributed by atoms with Crippen LogP contribution in [0.3, 0.4) is 0 Å². The molecular weight excluding hydrogens is 726 g/mol. The predicted octanol–water partition coefficient (Wildman–Crippen LogP) is 7.25. The van der Waals surface area contributed by atoms with Crippen molar-refractivity contribution in [2.75, 3.05) is 26.4 Å². The van der Waals surface area contributed by atoms with Crippen LogP contribution >= 0.6 is 0 Å². The summed E-state index contributed by atoms with van der Waals surface area (Å²) in [7, 11) is -6.01. The molecule has 14 heteroatoms. The second-order valence-electron chi connectivity index (χ2n) is 19.0. The highest BCUT2D eigenvalue weighted by Gasteiger charge is 2.59. The second-order valence-corrected chi connectivity index (χ2v) is 20.4. The number of hydrogen-bond acceptors (Lipinski definition) is 10. The Hall–Kier alpha value is -1.90. The van der Waals surface area contributed by atoms with E-state index in [9.17, 15) is 31.6 Å². The number of esters is 3. The summed E-state index contributed by atoms with van der Waals surface area (Å²) in [4.78, 5) is 40.0. The molecular formula is C40H60F2O11S. The van der Waals surface area contributed by atoms with E-state index in [1.807, 2.05) is 0 Å². The zero-order chi connectivity index (χ0) is 38.5. The van der Waals surface area contributed by atoms with Crippen molar-refractivity contribution in [3.63, 3.8) is 0 Å². The van der Waals surface area contributed by atoms with Gasteiger partial charge in [0.25, 0.3) is 0 Å². The average molecular weight is 787 g/mol. The Kier molecular flexibility index (Phi) is 11.5. The van der Waals surface area contributed by atoms with Gasteiger partial charge in [0.15, 0.2) is 6.29 Å². The Bertz CT molecular complexity index is 1500. The molecule has 8 atom stereocenters. The zero-order valence-corrected chi connectivity index (χ0v) is 32.8. The summed E-state index contributed by atoms with van der Waals surface area (Å²) in [5.74, 6) is -0.358. The van der Waals surface area contributed by atoms with Crippen molar-refractivity contribution in [1.29, 1.82) is 0 Å². The molecule has 0 radical (unpaired) electrons. The molecule has 1 saturated heterocycles. The van der Waals surface area contributed by atoms with E-state index in [2.05, 4.69) is 13.8 Å². The Morgan fingerprint density at radius 3 is 2.19 bits per heavy atom. The first kappa shape index (κ1) is 40.3. The number of carbonyl (C=O) groups is 3. The van der Waals surface area contributed by atoms with E-state index in [4.69, 9.17) is 28.2 Å². The summed E-state index contributed by atoms with van der Waals surface area (Å²) < 4.78 is 90.4. The highest BCUT2D eigenvalue weighted by atomic mass is 32.2. The molecule has 0 spiro atoms. The molecule has 7 rings (SSSR count). The average Bonchev–Trinajstić information content (AvgIpc) is 3.12. The Morgan fingerprint density at radius 1 is 0.815 bits per heavy atom. The molecule has 0 aromatic carbocycles. The van der Waals surface area contributed by atoms with Crippen LogP contribution in [0.4, 0.5) is 8.78 Å². The van der Waals surface area contributed by atoms with Crippen LogP contribution in [0, 0.1) is 58.2 Å². The van der Waals surface area contributed by atoms with Crippen LogP contribution in [0.2, 0.25) is 0 Å². The standard InChI is InChI=1S/C40H60F2O11S/c1-3-29-8-11-38(9-5-7-30(29)19-38)35(44)52-24-37(21-49-33(43)31-16-27-12-25(2)13-28(14-27)17-31)22-50-34(51-23-37)32-15-26-6-4-10-39(18-26,20-32)53-36(45)40(41,42)54(46,47)48/h25-32,34H,3-24H2,1-2H3,(H,46,47,48). The van der Waals surface area contributed by atoms with Crippen molar-refractivity contribution in [3.05, 3.63) is 0 Å². The predicted molar refractivity (Wildman–Crippen MR) is 190 cm³/mol. The van der Waals surface area contributed by atoms with E-state index in [-0.39, 0.29) is 69.0 Å². The van der Waals surface area contributed by atoms with Gasteiger partial charge in [0, 0.05) is 5.92 Å². The summed E-state index contributed by atoms with van der Waals surface area (Å²) in [6.45, 7) is 4.56. The maximum Gasteiger partial charge on any atom is 0.465 e. The lowest BCUT2D eigenvalue weighted by atomic mass is 9.58. The first-order chi connectivity index (χ1) is 25.5. The molecule has 0 aromatic heterocycles. The summed E-state index contributed by atoms with van der Waals surface area (Å²) >= 11 is 0. The fourth-order valence-corrected chi connectivity index (χ4v) is 12.5. The van der Waals surface area contributed by atoms with Gasteiger partial charge in [0.1, 0.15) is 18.8 Å². The molecule has 0 amide bonds. The Morgan fingerprint density at radius 2 is 1.50 bits per heavy atom. The van der Waals surface area contributed by atoms with Crippen LogP contribution < -0.4 is 0 Å². The number of alkyl halides is 2. The molecule has 6 saturated carbocycles. The third-order valence-corrected chi connectivity index (χ3v) is 15.6. The van der Waals surface area contributed by atoms with Crippen molar-refractivity contribution >= 4 is 28.0 Å². The lowest BCUT2D eigenvalue weighted by Gasteiger charge is -2.50. The third-order valence-electron chi connectivity index (χ3n) is 14.8. The summed E-state index contributed by atoms with van der Waals surface area (Å²) in [6.07, 6.45) is 13.7. The third kappa shape index (κ3) is 8.24. The number of hydrogen-bond donors (Lipinski definition) is 1. The molecule has 6 bridgehead atoms. The molecule has 8 unspecified atom stereocenters. The molecule has 0 aromatic rings. The fourth-order valence-electron chi connectivity index (χ4n) is 12.3. The smallest absolute Gasteiger partial charge is 0.465 e. The molecule has 54 heavy (non-hydrogen) atoms. The molecule has 7 aliphatic rings. The van der Waals surface area contributed by atoms with Gasteiger partial charge in [-0.3, -0.25) is 14.1 Å². The summed E-state index contributed by atoms with van der Waals surface area (Å²) in [5.41, 5.74) is -2.81. The van der Waals surface area contributed by atoms with Crippen LogP contribution in [-0.4, -0.2) is 74.5 Å². The van der Waals surface area contributed by atoms with E-state index >= 15 is 0 Å². The van der Waals surface area contributed by atoms with Gasteiger partial charge in [-0.05, 0) is 125 Å². The molecule has 306 valence electrons. The summed E-state index contributed by atoms with van der Waals surface area (Å²) in [6, 6.07) is 0. The molecule has 1 aliphatic heterocycles. The van der Waals surface area contributed by atoms with Gasteiger partial charge in [-0.1, -0.05) is 39.5 Å². The number of halogens is 2. The van der Waals surface area contributed by atoms with E-state index in [0.717, 1.165) is 77.0 Å². The fraction of sp³-hybridized carbons (Fsp3) is 0.925. The minimum Gasteiger partial charge on any atom is -0.465 e. The molecule has 11 nitrogen and oxygen atoms in total. The van der Waals surface area contributed by atoms with Gasteiger partial charge in [-0.2, -0.15) is 17.2 Å². The maximum absolute atomic E-state index is 14.3. The van der Waals surface area contributed by atoms with Gasteiger partial charge in [-0.25, -0.2) is 4.79 Å². The van der Waals surface area contributed by atoms with Crippen molar-refractivity contribution in [2.24, 2.45) is 58.2 Å².